The third-order valence-corrected chi connectivity index (χ3v) is 5.61. The van der Waals surface area contributed by atoms with Crippen LogP contribution in [0.5, 0.6) is 0 Å². The zero-order valence-corrected chi connectivity index (χ0v) is 17.7. The van der Waals surface area contributed by atoms with Crippen LogP contribution in [0.4, 0.5) is 13.2 Å². The van der Waals surface area contributed by atoms with E-state index in [4.69, 9.17) is 0 Å². The number of allylic oxidation sites excluding steroid dienone is 1. The van der Waals surface area contributed by atoms with Gasteiger partial charge in [0.2, 0.25) is 0 Å². The van der Waals surface area contributed by atoms with Gasteiger partial charge < -0.3 is 10.6 Å². The summed E-state index contributed by atoms with van der Waals surface area (Å²) >= 11 is 0. The molecule has 1 amide bonds. The average Bonchev–Trinajstić information content (AvgIpc) is 3.59. The summed E-state index contributed by atoms with van der Waals surface area (Å²) in [7, 11) is 1.56. The minimum Gasteiger partial charge on any atom is -0.344 e. The number of aliphatic imine (C=N–C) groups is 1. The molecular formula is C24H24F3N3O2. The van der Waals surface area contributed by atoms with E-state index >= 15 is 0 Å². The number of aldehydes is 1. The van der Waals surface area contributed by atoms with Crippen molar-refractivity contribution in [2.45, 2.75) is 37.4 Å². The molecule has 1 atom stereocenters. The number of rotatable bonds is 7. The Morgan fingerprint density at radius 3 is 2.22 bits per heavy atom. The van der Waals surface area contributed by atoms with Gasteiger partial charge in [0.15, 0.2) is 0 Å². The van der Waals surface area contributed by atoms with Crippen LogP contribution in [-0.4, -0.2) is 31.3 Å². The van der Waals surface area contributed by atoms with Gasteiger partial charge in [-0.3, -0.25) is 14.6 Å². The van der Waals surface area contributed by atoms with E-state index in [2.05, 4.69) is 15.6 Å². The number of hydrogen-bond acceptors (Lipinski definition) is 3. The number of hydrogen-bond donors (Lipinski definition) is 2. The van der Waals surface area contributed by atoms with Crippen molar-refractivity contribution in [3.8, 4) is 0 Å². The van der Waals surface area contributed by atoms with Gasteiger partial charge in [0.25, 0.3) is 5.91 Å². The van der Waals surface area contributed by atoms with E-state index in [0.29, 0.717) is 17.7 Å². The normalized spacial score (nSPS) is 16.8. The Bertz CT molecular complexity index is 1020. The Hall–Kier alpha value is -3.42. The van der Waals surface area contributed by atoms with Gasteiger partial charge in [0.1, 0.15) is 17.8 Å². The summed E-state index contributed by atoms with van der Waals surface area (Å²) in [6, 6.07) is 14.7. The van der Waals surface area contributed by atoms with Crippen molar-refractivity contribution in [2.75, 3.05) is 7.05 Å². The van der Waals surface area contributed by atoms with Gasteiger partial charge in [-0.1, -0.05) is 54.6 Å². The van der Waals surface area contributed by atoms with Crippen LogP contribution in [0.25, 0.3) is 0 Å². The lowest BCUT2D eigenvalue weighted by atomic mass is 9.93. The summed E-state index contributed by atoms with van der Waals surface area (Å²) in [5.41, 5.74) is -0.112. The summed E-state index contributed by atoms with van der Waals surface area (Å²) in [6.45, 7) is 1.72. The average molecular weight is 443 g/mol. The number of alkyl halides is 3. The molecule has 5 nitrogen and oxygen atoms in total. The van der Waals surface area contributed by atoms with Crippen molar-refractivity contribution < 1.29 is 22.8 Å². The highest BCUT2D eigenvalue weighted by Crippen LogP contribution is 2.58. The molecule has 2 aromatic carbocycles. The van der Waals surface area contributed by atoms with Crippen LogP contribution >= 0.6 is 0 Å². The lowest BCUT2D eigenvalue weighted by Gasteiger charge is -2.21. The number of nitrogens with one attached hydrogen (secondary N) is 2. The topological polar surface area (TPSA) is 70.6 Å². The molecule has 0 saturated heterocycles. The fraction of sp³-hybridized carbons (Fsp3) is 0.292. The van der Waals surface area contributed by atoms with Crippen LogP contribution in [0.1, 0.15) is 42.5 Å². The Morgan fingerprint density at radius 2 is 1.72 bits per heavy atom. The van der Waals surface area contributed by atoms with Crippen molar-refractivity contribution >= 4 is 18.0 Å². The van der Waals surface area contributed by atoms with Gasteiger partial charge in [-0.2, -0.15) is 13.2 Å². The number of amidine groups is 1. The second-order valence-corrected chi connectivity index (χ2v) is 7.68. The number of amides is 1. The maximum Gasteiger partial charge on any atom is 0.398 e. The van der Waals surface area contributed by atoms with Gasteiger partial charge in [0, 0.05) is 18.7 Å². The second kappa shape index (κ2) is 9.38. The molecule has 1 saturated carbocycles. The number of halogens is 3. The van der Waals surface area contributed by atoms with E-state index in [1.807, 2.05) is 30.3 Å². The molecule has 0 aliphatic heterocycles. The molecule has 0 heterocycles. The SMILES string of the molecule is CN=C(N/C(=C\C=O)C(=O)NC(C)c1ccc(C2(C(F)(F)F)CC2)cc1)c1ccccc1. The lowest BCUT2D eigenvalue weighted by Crippen LogP contribution is -2.36. The van der Waals surface area contributed by atoms with Crippen LogP contribution in [0.15, 0.2) is 71.4 Å². The summed E-state index contributed by atoms with van der Waals surface area (Å²) in [4.78, 5) is 28.0. The van der Waals surface area contributed by atoms with E-state index in [0.717, 1.165) is 11.6 Å². The molecule has 168 valence electrons. The number of nitrogens with zero attached hydrogens (tertiary/aromatic N) is 1. The molecule has 0 spiro atoms. The molecule has 8 heteroatoms. The van der Waals surface area contributed by atoms with E-state index in [1.165, 1.54) is 12.1 Å². The van der Waals surface area contributed by atoms with Gasteiger partial charge in [0.05, 0.1) is 11.5 Å². The van der Waals surface area contributed by atoms with Crippen LogP contribution in [-0.2, 0) is 15.0 Å². The Balaban J connectivity index is 1.70. The highest BCUT2D eigenvalue weighted by molar-refractivity contribution is 6.06. The molecule has 2 aromatic rings. The summed E-state index contributed by atoms with van der Waals surface area (Å²) in [6.07, 6.45) is -2.50. The quantitative estimate of drug-likeness (QED) is 0.292. The first-order chi connectivity index (χ1) is 15.2. The highest BCUT2D eigenvalue weighted by atomic mass is 19.4. The van der Waals surface area contributed by atoms with E-state index in [9.17, 15) is 22.8 Å². The molecule has 0 bridgehead atoms. The van der Waals surface area contributed by atoms with Crippen LogP contribution in [0.2, 0.25) is 0 Å². The zero-order chi connectivity index (χ0) is 23.4. The Kier molecular flexibility index (Phi) is 6.81. The van der Waals surface area contributed by atoms with Crippen molar-refractivity contribution in [2.24, 2.45) is 4.99 Å². The largest absolute Gasteiger partial charge is 0.398 e. The Morgan fingerprint density at radius 1 is 1.09 bits per heavy atom. The monoisotopic (exact) mass is 443 g/mol. The molecule has 0 aromatic heterocycles. The van der Waals surface area contributed by atoms with E-state index in [-0.39, 0.29) is 24.1 Å². The minimum absolute atomic E-state index is 0.00179. The van der Waals surface area contributed by atoms with Crippen LogP contribution in [0, 0.1) is 0 Å². The number of carbonyl (C=O) groups is 2. The predicted octanol–water partition coefficient (Wildman–Crippen LogP) is 4.21. The molecule has 1 unspecified atom stereocenters. The summed E-state index contributed by atoms with van der Waals surface area (Å²) in [5, 5.41) is 5.63. The third-order valence-electron chi connectivity index (χ3n) is 5.61. The highest BCUT2D eigenvalue weighted by Gasteiger charge is 2.64. The van der Waals surface area contributed by atoms with Crippen molar-refractivity contribution in [1.82, 2.24) is 10.6 Å². The van der Waals surface area contributed by atoms with Gasteiger partial charge in [-0.25, -0.2) is 0 Å². The van der Waals surface area contributed by atoms with Crippen LogP contribution < -0.4 is 10.6 Å². The first kappa shape index (κ1) is 23.2. The first-order valence-corrected chi connectivity index (χ1v) is 10.1. The van der Waals surface area contributed by atoms with Crippen molar-refractivity contribution in [1.29, 1.82) is 0 Å². The fourth-order valence-corrected chi connectivity index (χ4v) is 3.53. The standard InChI is InChI=1S/C24H24F3N3O2/c1-16(17-8-10-19(11-9-17)23(13-14-23)24(25,26)27)29-22(32)20(12-15-31)30-21(28-2)18-6-4-3-5-7-18/h3-12,15-16H,13-14H2,1-2H3,(H,28,30)(H,29,32)/b20-12-. The lowest BCUT2D eigenvalue weighted by molar-refractivity contribution is -0.160. The molecule has 0 radical (unpaired) electrons. The molecule has 2 N–H and O–H groups in total. The van der Waals surface area contributed by atoms with Gasteiger partial charge >= 0.3 is 6.18 Å². The molecule has 1 fully saturated rings. The molecule has 32 heavy (non-hydrogen) atoms. The van der Waals surface area contributed by atoms with Crippen molar-refractivity contribution in [3.63, 3.8) is 0 Å². The molecule has 3 rings (SSSR count). The summed E-state index contributed by atoms with van der Waals surface area (Å²) in [5.74, 6) is -0.132. The fourth-order valence-electron chi connectivity index (χ4n) is 3.53. The third kappa shape index (κ3) is 4.90. The Labute approximate surface area is 184 Å². The molecule has 1 aliphatic carbocycles. The van der Waals surface area contributed by atoms with Gasteiger partial charge in [-0.15, -0.1) is 0 Å². The number of carbonyl (C=O) groups excluding carboxylic acids is 2. The maximum absolute atomic E-state index is 13.3. The van der Waals surface area contributed by atoms with E-state index < -0.39 is 23.5 Å². The van der Waals surface area contributed by atoms with Gasteiger partial charge in [-0.05, 0) is 30.9 Å². The maximum atomic E-state index is 13.3. The first-order valence-electron chi connectivity index (χ1n) is 10.1. The van der Waals surface area contributed by atoms with Crippen LogP contribution in [0.3, 0.4) is 0 Å². The number of benzene rings is 2. The predicted molar refractivity (Wildman–Crippen MR) is 116 cm³/mol. The van der Waals surface area contributed by atoms with E-state index in [1.54, 1.807) is 26.1 Å². The second-order valence-electron chi connectivity index (χ2n) is 7.68. The minimum atomic E-state index is -4.27. The molecular weight excluding hydrogens is 419 g/mol. The zero-order valence-electron chi connectivity index (χ0n) is 17.7. The smallest absolute Gasteiger partial charge is 0.344 e. The summed E-state index contributed by atoms with van der Waals surface area (Å²) < 4.78 is 40.0. The van der Waals surface area contributed by atoms with Crippen molar-refractivity contribution in [3.05, 3.63) is 83.1 Å². The molecule has 1 aliphatic rings.